The van der Waals surface area contributed by atoms with Crippen molar-refractivity contribution >= 4 is 11.6 Å². The van der Waals surface area contributed by atoms with Crippen molar-refractivity contribution in [3.05, 3.63) is 29.8 Å². The topological polar surface area (TPSA) is 64.4 Å². The molecule has 0 aromatic heterocycles. The number of carbonyl (C=O) groups is 1. The average molecular weight is 262 g/mol. The first kappa shape index (κ1) is 14.0. The zero-order valence-electron chi connectivity index (χ0n) is 11.6. The van der Waals surface area contributed by atoms with Crippen molar-refractivity contribution in [2.45, 2.75) is 20.3 Å². The molecule has 0 unspecified atom stereocenters. The highest BCUT2D eigenvalue weighted by molar-refractivity contribution is 5.96. The summed E-state index contributed by atoms with van der Waals surface area (Å²) in [5, 5.41) is 2.92. The van der Waals surface area contributed by atoms with Gasteiger partial charge in [0.2, 0.25) is 5.91 Å². The highest BCUT2D eigenvalue weighted by Crippen LogP contribution is 2.28. The van der Waals surface area contributed by atoms with E-state index in [2.05, 4.69) is 31.3 Å². The molecule has 2 rings (SSSR count). The van der Waals surface area contributed by atoms with Crippen molar-refractivity contribution < 1.29 is 9.53 Å². The van der Waals surface area contributed by atoms with Gasteiger partial charge in [0.25, 0.3) is 0 Å². The van der Waals surface area contributed by atoms with E-state index < -0.39 is 5.41 Å². The molecule has 1 saturated heterocycles. The van der Waals surface area contributed by atoms with Gasteiger partial charge in [-0.25, -0.2) is 0 Å². The zero-order chi connectivity index (χ0) is 13.9. The second-order valence-corrected chi connectivity index (χ2v) is 5.73. The molecule has 1 aromatic rings. The minimum atomic E-state index is -0.531. The van der Waals surface area contributed by atoms with Crippen molar-refractivity contribution in [3.8, 4) is 0 Å². The molecule has 1 aliphatic rings. The minimum Gasteiger partial charge on any atom is -0.379 e. The zero-order valence-corrected chi connectivity index (χ0v) is 11.6. The summed E-state index contributed by atoms with van der Waals surface area (Å²) in [6, 6.07) is 8.00. The fourth-order valence-corrected chi connectivity index (χ4v) is 2.15. The Labute approximate surface area is 114 Å². The van der Waals surface area contributed by atoms with Crippen LogP contribution in [0.15, 0.2) is 24.3 Å². The van der Waals surface area contributed by atoms with Gasteiger partial charge in [-0.15, -0.1) is 0 Å². The first-order chi connectivity index (χ1) is 9.05. The van der Waals surface area contributed by atoms with Gasteiger partial charge in [0.05, 0.1) is 13.2 Å². The molecule has 0 saturated carbocycles. The van der Waals surface area contributed by atoms with Crippen LogP contribution in [0.5, 0.6) is 0 Å². The number of anilines is 1. The van der Waals surface area contributed by atoms with Gasteiger partial charge in [0, 0.05) is 12.2 Å². The maximum absolute atomic E-state index is 12.1. The van der Waals surface area contributed by atoms with Crippen LogP contribution in [0, 0.1) is 11.3 Å². The van der Waals surface area contributed by atoms with Crippen LogP contribution in [-0.4, -0.2) is 25.7 Å². The lowest BCUT2D eigenvalue weighted by atomic mass is 9.85. The maximum atomic E-state index is 12.1. The maximum Gasteiger partial charge on any atom is 0.236 e. The van der Waals surface area contributed by atoms with Crippen LogP contribution in [0.3, 0.4) is 0 Å². The second kappa shape index (κ2) is 5.72. The van der Waals surface area contributed by atoms with Crippen LogP contribution in [0.25, 0.3) is 0 Å². The molecule has 4 heteroatoms. The number of rotatable bonds is 5. The molecular weight excluding hydrogens is 240 g/mol. The summed E-state index contributed by atoms with van der Waals surface area (Å²) in [6.45, 7) is 5.54. The van der Waals surface area contributed by atoms with E-state index in [4.69, 9.17) is 10.5 Å². The van der Waals surface area contributed by atoms with E-state index in [9.17, 15) is 4.79 Å². The van der Waals surface area contributed by atoms with Crippen LogP contribution < -0.4 is 11.1 Å². The third-order valence-electron chi connectivity index (χ3n) is 3.48. The van der Waals surface area contributed by atoms with Crippen LogP contribution in [-0.2, 0) is 16.0 Å². The summed E-state index contributed by atoms with van der Waals surface area (Å²) >= 11 is 0. The lowest BCUT2D eigenvalue weighted by Gasteiger charge is -2.38. The number of benzene rings is 1. The Morgan fingerprint density at radius 2 is 2.00 bits per heavy atom. The number of hydrogen-bond donors (Lipinski definition) is 2. The molecule has 0 atom stereocenters. The summed E-state index contributed by atoms with van der Waals surface area (Å²) in [4.78, 5) is 12.1. The Hall–Kier alpha value is -1.39. The van der Waals surface area contributed by atoms with Crippen LogP contribution in [0.2, 0.25) is 0 Å². The molecule has 4 nitrogen and oxygen atoms in total. The molecule has 1 amide bonds. The van der Waals surface area contributed by atoms with Gasteiger partial charge in [0.15, 0.2) is 0 Å². The average Bonchev–Trinajstić information content (AvgIpc) is 2.30. The second-order valence-electron chi connectivity index (χ2n) is 5.73. The fourth-order valence-electron chi connectivity index (χ4n) is 2.15. The van der Waals surface area contributed by atoms with Gasteiger partial charge in [-0.3, -0.25) is 4.79 Å². The van der Waals surface area contributed by atoms with Crippen molar-refractivity contribution in [2.24, 2.45) is 17.1 Å². The van der Waals surface area contributed by atoms with Crippen LogP contribution in [0.4, 0.5) is 5.69 Å². The summed E-state index contributed by atoms with van der Waals surface area (Å²) in [6.07, 6.45) is 1.05. The molecule has 0 spiro atoms. The van der Waals surface area contributed by atoms with Gasteiger partial charge >= 0.3 is 0 Å². The van der Waals surface area contributed by atoms with Gasteiger partial charge in [-0.2, -0.15) is 0 Å². The minimum absolute atomic E-state index is 0.0436. The Balaban J connectivity index is 1.97. The largest absolute Gasteiger partial charge is 0.379 e. The normalized spacial score (nSPS) is 17.1. The highest BCUT2D eigenvalue weighted by atomic mass is 16.5. The Morgan fingerprint density at radius 3 is 2.42 bits per heavy atom. The first-order valence-corrected chi connectivity index (χ1v) is 6.74. The van der Waals surface area contributed by atoms with Crippen molar-refractivity contribution in [3.63, 3.8) is 0 Å². The third-order valence-corrected chi connectivity index (χ3v) is 3.48. The number of amides is 1. The van der Waals surface area contributed by atoms with E-state index in [-0.39, 0.29) is 5.91 Å². The molecule has 104 valence electrons. The molecule has 0 aliphatic carbocycles. The molecule has 19 heavy (non-hydrogen) atoms. The first-order valence-electron chi connectivity index (χ1n) is 6.74. The molecule has 0 radical (unpaired) electrons. The molecule has 1 heterocycles. The van der Waals surface area contributed by atoms with Gasteiger partial charge in [-0.05, 0) is 30.0 Å². The predicted molar refractivity (Wildman–Crippen MR) is 75.9 cm³/mol. The number of carbonyl (C=O) groups excluding carboxylic acids is 1. The monoisotopic (exact) mass is 262 g/mol. The Bertz CT molecular complexity index is 430. The summed E-state index contributed by atoms with van der Waals surface area (Å²) in [5.41, 5.74) is 7.23. The highest BCUT2D eigenvalue weighted by Gasteiger charge is 2.44. The number of hydrogen-bond acceptors (Lipinski definition) is 3. The van der Waals surface area contributed by atoms with E-state index in [0.717, 1.165) is 12.1 Å². The van der Waals surface area contributed by atoms with E-state index >= 15 is 0 Å². The Morgan fingerprint density at radius 1 is 1.37 bits per heavy atom. The summed E-state index contributed by atoms with van der Waals surface area (Å²) < 4.78 is 5.11. The molecule has 1 aliphatic heterocycles. The SMILES string of the molecule is CC(C)Cc1ccc(NC(=O)C2(CN)COC2)cc1. The number of ether oxygens (including phenoxy) is 1. The quantitative estimate of drug-likeness (QED) is 0.850. The van der Waals surface area contributed by atoms with Crippen LogP contribution >= 0.6 is 0 Å². The van der Waals surface area contributed by atoms with Crippen molar-refractivity contribution in [1.82, 2.24) is 0 Å². The smallest absolute Gasteiger partial charge is 0.236 e. The van der Waals surface area contributed by atoms with Crippen molar-refractivity contribution in [1.29, 1.82) is 0 Å². The molecule has 1 fully saturated rings. The lowest BCUT2D eigenvalue weighted by Crippen LogP contribution is -2.56. The molecule has 1 aromatic carbocycles. The number of nitrogens with two attached hydrogens (primary N) is 1. The summed E-state index contributed by atoms with van der Waals surface area (Å²) in [7, 11) is 0. The van der Waals surface area contributed by atoms with E-state index in [1.165, 1.54) is 5.56 Å². The predicted octanol–water partition coefficient (Wildman–Crippen LogP) is 1.80. The van der Waals surface area contributed by atoms with Gasteiger partial charge in [-0.1, -0.05) is 26.0 Å². The Kier molecular flexibility index (Phi) is 4.22. The fraction of sp³-hybridized carbons (Fsp3) is 0.533. The van der Waals surface area contributed by atoms with Gasteiger partial charge < -0.3 is 15.8 Å². The van der Waals surface area contributed by atoms with E-state index in [0.29, 0.717) is 25.7 Å². The standard InChI is InChI=1S/C15H22N2O2/c1-11(2)7-12-3-5-13(6-4-12)17-14(18)15(8-16)9-19-10-15/h3-6,11H,7-10,16H2,1-2H3,(H,17,18). The van der Waals surface area contributed by atoms with E-state index in [1.54, 1.807) is 0 Å². The number of nitrogens with one attached hydrogen (secondary N) is 1. The molecule has 0 bridgehead atoms. The molecular formula is C15H22N2O2. The lowest BCUT2D eigenvalue weighted by molar-refractivity contribution is -0.153. The summed E-state index contributed by atoms with van der Waals surface area (Å²) in [5.74, 6) is 0.589. The third kappa shape index (κ3) is 3.14. The van der Waals surface area contributed by atoms with Crippen molar-refractivity contribution in [2.75, 3.05) is 25.1 Å². The van der Waals surface area contributed by atoms with E-state index in [1.807, 2.05) is 12.1 Å². The van der Waals surface area contributed by atoms with Gasteiger partial charge in [0.1, 0.15) is 5.41 Å². The molecule has 3 N–H and O–H groups in total. The van der Waals surface area contributed by atoms with Crippen LogP contribution in [0.1, 0.15) is 19.4 Å².